The molecule has 0 N–H and O–H groups in total. The van der Waals surface area contributed by atoms with Gasteiger partial charge in [-0.25, -0.2) is 15.0 Å². The molecule has 0 spiro atoms. The summed E-state index contributed by atoms with van der Waals surface area (Å²) in [6, 6.07) is 60.1. The number of hydrogen-bond acceptors (Lipinski definition) is 3. The number of benzene rings is 7. The first-order chi connectivity index (χ1) is 25.5. The standard InChI is InChI=1S/C48H34N4/c1-48(2)40-24-13-12-23-39(40)43-41(48)28-27-38-37-26-25-34(31-15-6-3-7-16-31)30-42(37)52(44(38)43)36-22-14-21-35(29-36)47-50-45(32-17-8-4-9-18-32)49-46(51-47)33-19-10-5-11-20-33/h3-30H,1-2H3. The maximum Gasteiger partial charge on any atom is 0.164 e. The van der Waals surface area contributed by atoms with Gasteiger partial charge in [0.25, 0.3) is 0 Å². The van der Waals surface area contributed by atoms with Crippen molar-refractivity contribution in [3.05, 3.63) is 181 Å². The molecule has 0 bridgehead atoms. The van der Waals surface area contributed by atoms with Crippen LogP contribution in [0.4, 0.5) is 0 Å². The van der Waals surface area contributed by atoms with Gasteiger partial charge in [-0.05, 0) is 46.0 Å². The average Bonchev–Trinajstić information content (AvgIpc) is 3.67. The van der Waals surface area contributed by atoms with Gasteiger partial charge >= 0.3 is 0 Å². The zero-order valence-corrected chi connectivity index (χ0v) is 29.0. The van der Waals surface area contributed by atoms with Gasteiger partial charge in [-0.15, -0.1) is 0 Å². The monoisotopic (exact) mass is 666 g/mol. The van der Waals surface area contributed by atoms with Crippen molar-refractivity contribution in [3.63, 3.8) is 0 Å². The molecule has 7 aromatic carbocycles. The molecule has 0 saturated carbocycles. The topological polar surface area (TPSA) is 43.6 Å². The largest absolute Gasteiger partial charge is 0.309 e. The van der Waals surface area contributed by atoms with Crippen LogP contribution < -0.4 is 0 Å². The molecule has 2 heterocycles. The van der Waals surface area contributed by atoms with Crippen LogP contribution in [0.1, 0.15) is 25.0 Å². The van der Waals surface area contributed by atoms with Crippen molar-refractivity contribution >= 4 is 21.8 Å². The van der Waals surface area contributed by atoms with E-state index in [1.54, 1.807) is 0 Å². The molecule has 4 heteroatoms. The van der Waals surface area contributed by atoms with E-state index in [1.165, 1.54) is 49.7 Å². The molecule has 9 aromatic rings. The lowest BCUT2D eigenvalue weighted by Crippen LogP contribution is -2.14. The van der Waals surface area contributed by atoms with E-state index in [1.807, 2.05) is 60.7 Å². The van der Waals surface area contributed by atoms with Crippen molar-refractivity contribution in [1.29, 1.82) is 0 Å². The molecular formula is C48H34N4. The second-order valence-corrected chi connectivity index (χ2v) is 14.1. The van der Waals surface area contributed by atoms with Gasteiger partial charge < -0.3 is 4.57 Å². The van der Waals surface area contributed by atoms with E-state index in [4.69, 9.17) is 15.0 Å². The van der Waals surface area contributed by atoms with E-state index < -0.39 is 0 Å². The zero-order chi connectivity index (χ0) is 34.8. The summed E-state index contributed by atoms with van der Waals surface area (Å²) < 4.78 is 2.47. The van der Waals surface area contributed by atoms with Crippen LogP contribution in [-0.2, 0) is 5.41 Å². The van der Waals surface area contributed by atoms with Crippen molar-refractivity contribution in [2.45, 2.75) is 19.3 Å². The predicted molar refractivity (Wildman–Crippen MR) is 213 cm³/mol. The third-order valence-corrected chi connectivity index (χ3v) is 10.6. The molecule has 0 fully saturated rings. The van der Waals surface area contributed by atoms with Crippen LogP contribution >= 0.6 is 0 Å². The zero-order valence-electron chi connectivity index (χ0n) is 29.0. The third-order valence-electron chi connectivity index (χ3n) is 10.6. The van der Waals surface area contributed by atoms with E-state index in [9.17, 15) is 0 Å². The first-order valence-electron chi connectivity index (χ1n) is 17.8. The molecular weight excluding hydrogens is 633 g/mol. The van der Waals surface area contributed by atoms with Crippen molar-refractivity contribution in [2.75, 3.05) is 0 Å². The van der Waals surface area contributed by atoms with Crippen molar-refractivity contribution < 1.29 is 0 Å². The maximum atomic E-state index is 5.08. The summed E-state index contributed by atoms with van der Waals surface area (Å²) in [7, 11) is 0. The Morgan fingerprint density at radius 2 is 0.981 bits per heavy atom. The lowest BCUT2D eigenvalue weighted by Gasteiger charge is -2.21. The van der Waals surface area contributed by atoms with E-state index in [0.29, 0.717) is 17.5 Å². The molecule has 10 rings (SSSR count). The Balaban J connectivity index is 1.25. The fourth-order valence-corrected chi connectivity index (χ4v) is 8.09. The summed E-state index contributed by atoms with van der Waals surface area (Å²) in [6.45, 7) is 4.69. The van der Waals surface area contributed by atoms with Crippen LogP contribution in [0.15, 0.2) is 170 Å². The molecule has 0 amide bonds. The first kappa shape index (κ1) is 30.2. The van der Waals surface area contributed by atoms with Gasteiger partial charge in [-0.1, -0.05) is 166 Å². The minimum atomic E-state index is -0.120. The second-order valence-electron chi connectivity index (χ2n) is 14.1. The molecule has 1 aliphatic rings. The lowest BCUT2D eigenvalue weighted by atomic mass is 9.82. The molecule has 52 heavy (non-hydrogen) atoms. The molecule has 0 radical (unpaired) electrons. The average molecular weight is 667 g/mol. The van der Waals surface area contributed by atoms with Crippen LogP contribution in [0.5, 0.6) is 0 Å². The van der Waals surface area contributed by atoms with E-state index >= 15 is 0 Å². The van der Waals surface area contributed by atoms with Crippen LogP contribution in [-0.4, -0.2) is 19.5 Å². The van der Waals surface area contributed by atoms with Crippen LogP contribution in [0.3, 0.4) is 0 Å². The van der Waals surface area contributed by atoms with Crippen LogP contribution in [0.2, 0.25) is 0 Å². The lowest BCUT2D eigenvalue weighted by molar-refractivity contribution is 0.661. The molecule has 1 aliphatic carbocycles. The van der Waals surface area contributed by atoms with Gasteiger partial charge in [0.15, 0.2) is 17.5 Å². The summed E-state index contributed by atoms with van der Waals surface area (Å²) >= 11 is 0. The van der Waals surface area contributed by atoms with Crippen LogP contribution in [0.25, 0.3) is 83.9 Å². The van der Waals surface area contributed by atoms with Crippen molar-refractivity contribution in [3.8, 4) is 62.1 Å². The first-order valence-corrected chi connectivity index (χ1v) is 17.8. The number of rotatable bonds is 5. The Labute approximate surface area is 302 Å². The molecule has 246 valence electrons. The number of nitrogens with zero attached hydrogens (tertiary/aromatic N) is 4. The van der Waals surface area contributed by atoms with Gasteiger partial charge in [-0.2, -0.15) is 0 Å². The third kappa shape index (κ3) is 4.72. The highest BCUT2D eigenvalue weighted by atomic mass is 15.0. The van der Waals surface area contributed by atoms with Gasteiger partial charge in [-0.3, -0.25) is 0 Å². The minimum Gasteiger partial charge on any atom is -0.309 e. The molecule has 0 unspecified atom stereocenters. The van der Waals surface area contributed by atoms with Crippen LogP contribution in [0, 0.1) is 0 Å². The van der Waals surface area contributed by atoms with Crippen molar-refractivity contribution in [1.82, 2.24) is 19.5 Å². The summed E-state index contributed by atoms with van der Waals surface area (Å²) in [4.78, 5) is 15.1. The van der Waals surface area contributed by atoms with Gasteiger partial charge in [0.1, 0.15) is 0 Å². The Morgan fingerprint density at radius 1 is 0.423 bits per heavy atom. The van der Waals surface area contributed by atoms with Gasteiger partial charge in [0.2, 0.25) is 0 Å². The van der Waals surface area contributed by atoms with E-state index in [0.717, 1.165) is 27.9 Å². The van der Waals surface area contributed by atoms with E-state index in [2.05, 4.69) is 128 Å². The minimum absolute atomic E-state index is 0.120. The highest BCUT2D eigenvalue weighted by molar-refractivity contribution is 6.16. The summed E-state index contributed by atoms with van der Waals surface area (Å²) in [5.41, 5.74) is 13.8. The Morgan fingerprint density at radius 3 is 1.65 bits per heavy atom. The molecule has 0 aliphatic heterocycles. The molecule has 2 aromatic heterocycles. The highest BCUT2D eigenvalue weighted by Crippen LogP contribution is 2.53. The van der Waals surface area contributed by atoms with E-state index in [-0.39, 0.29) is 5.41 Å². The Hall–Kier alpha value is -6.65. The summed E-state index contributed by atoms with van der Waals surface area (Å²) in [6.07, 6.45) is 0. The normalized spacial score (nSPS) is 13.0. The van der Waals surface area contributed by atoms with Crippen molar-refractivity contribution in [2.24, 2.45) is 0 Å². The number of aromatic nitrogens is 4. The fraction of sp³-hybridized carbons (Fsp3) is 0.0625. The predicted octanol–water partition coefficient (Wildman–Crippen LogP) is 11.9. The SMILES string of the molecule is CC1(C)c2ccccc2-c2c1ccc1c3ccc(-c4ccccc4)cc3n(-c3cccc(-c4nc(-c5ccccc5)nc(-c5ccccc5)n4)c3)c21. The fourth-order valence-electron chi connectivity index (χ4n) is 8.09. The summed E-state index contributed by atoms with van der Waals surface area (Å²) in [5, 5.41) is 2.46. The van der Waals surface area contributed by atoms with Gasteiger partial charge in [0, 0.05) is 44.1 Å². The molecule has 0 saturated heterocycles. The molecule has 0 atom stereocenters. The summed E-state index contributed by atoms with van der Waals surface area (Å²) in [5.74, 6) is 1.93. The number of fused-ring (bicyclic) bond motifs is 7. The second kappa shape index (κ2) is 11.7. The Kier molecular flexibility index (Phi) is 6.80. The Bertz CT molecular complexity index is 2740. The maximum absolute atomic E-state index is 5.08. The highest BCUT2D eigenvalue weighted by Gasteiger charge is 2.37. The number of hydrogen-bond donors (Lipinski definition) is 0. The quantitative estimate of drug-likeness (QED) is 0.184. The molecule has 4 nitrogen and oxygen atoms in total. The van der Waals surface area contributed by atoms with Gasteiger partial charge in [0.05, 0.1) is 11.0 Å². The smallest absolute Gasteiger partial charge is 0.164 e.